The van der Waals surface area contributed by atoms with E-state index in [0.29, 0.717) is 17.2 Å². The quantitative estimate of drug-likeness (QED) is 0.723. The van der Waals surface area contributed by atoms with Crippen LogP contribution in [0.5, 0.6) is 0 Å². The first-order valence-corrected chi connectivity index (χ1v) is 5.94. The van der Waals surface area contributed by atoms with E-state index in [9.17, 15) is 4.39 Å². The molecule has 0 aliphatic carbocycles. The smallest absolute Gasteiger partial charge is 0.162 e. The van der Waals surface area contributed by atoms with Gasteiger partial charge >= 0.3 is 0 Å². The zero-order chi connectivity index (χ0) is 13.4. The van der Waals surface area contributed by atoms with Gasteiger partial charge in [0.25, 0.3) is 0 Å². The highest BCUT2D eigenvalue weighted by Gasteiger charge is 2.10. The summed E-state index contributed by atoms with van der Waals surface area (Å²) in [7, 11) is 0. The number of fused-ring (bicyclic) bond motifs is 1. The molecule has 3 nitrogen and oxygen atoms in total. The zero-order valence-electron chi connectivity index (χ0n) is 10.4. The van der Waals surface area contributed by atoms with Gasteiger partial charge in [-0.3, -0.25) is 0 Å². The average Bonchev–Trinajstić information content (AvgIpc) is 2.41. The SMILES string of the molecule is Cc1ccc(F)cc1-c1nc(N)c2ccccc2n1. The fraction of sp³-hybridized carbons (Fsp3) is 0.0667. The van der Waals surface area contributed by atoms with Gasteiger partial charge in [0.2, 0.25) is 0 Å². The second kappa shape index (κ2) is 4.31. The van der Waals surface area contributed by atoms with Gasteiger partial charge in [-0.2, -0.15) is 0 Å². The zero-order valence-corrected chi connectivity index (χ0v) is 10.4. The highest BCUT2D eigenvalue weighted by atomic mass is 19.1. The lowest BCUT2D eigenvalue weighted by molar-refractivity contribution is 0.628. The van der Waals surface area contributed by atoms with E-state index >= 15 is 0 Å². The normalized spacial score (nSPS) is 10.8. The maximum atomic E-state index is 13.4. The first-order chi connectivity index (χ1) is 9.15. The molecule has 0 aliphatic rings. The summed E-state index contributed by atoms with van der Waals surface area (Å²) in [5.41, 5.74) is 8.27. The van der Waals surface area contributed by atoms with E-state index in [1.807, 2.05) is 31.2 Å². The molecule has 0 saturated carbocycles. The fourth-order valence-corrected chi connectivity index (χ4v) is 2.06. The molecule has 0 saturated heterocycles. The average molecular weight is 253 g/mol. The maximum Gasteiger partial charge on any atom is 0.162 e. The summed E-state index contributed by atoms with van der Waals surface area (Å²) in [5.74, 6) is 0.549. The topological polar surface area (TPSA) is 51.8 Å². The van der Waals surface area contributed by atoms with E-state index in [1.165, 1.54) is 12.1 Å². The lowest BCUT2D eigenvalue weighted by atomic mass is 10.1. The van der Waals surface area contributed by atoms with Gasteiger partial charge in [-0.1, -0.05) is 18.2 Å². The number of anilines is 1. The number of halogens is 1. The Labute approximate surface area is 109 Å². The van der Waals surface area contributed by atoms with Crippen LogP contribution in [0.25, 0.3) is 22.3 Å². The van der Waals surface area contributed by atoms with Crippen molar-refractivity contribution < 1.29 is 4.39 Å². The summed E-state index contributed by atoms with van der Waals surface area (Å²) in [6.45, 7) is 1.89. The van der Waals surface area contributed by atoms with Gasteiger partial charge in [0, 0.05) is 10.9 Å². The van der Waals surface area contributed by atoms with Crippen LogP contribution < -0.4 is 5.73 Å². The van der Waals surface area contributed by atoms with Crippen molar-refractivity contribution in [2.24, 2.45) is 0 Å². The van der Waals surface area contributed by atoms with Crippen molar-refractivity contribution in [3.63, 3.8) is 0 Å². The van der Waals surface area contributed by atoms with Crippen molar-refractivity contribution in [1.29, 1.82) is 0 Å². The predicted molar refractivity (Wildman–Crippen MR) is 74.1 cm³/mol. The van der Waals surface area contributed by atoms with Crippen LogP contribution in [0.4, 0.5) is 10.2 Å². The third-order valence-electron chi connectivity index (χ3n) is 3.07. The molecule has 0 unspecified atom stereocenters. The second-order valence-corrected chi connectivity index (χ2v) is 4.41. The van der Waals surface area contributed by atoms with E-state index < -0.39 is 0 Å². The molecule has 0 amide bonds. The Kier molecular flexibility index (Phi) is 2.63. The second-order valence-electron chi connectivity index (χ2n) is 4.41. The van der Waals surface area contributed by atoms with Gasteiger partial charge in [-0.05, 0) is 36.8 Å². The molecule has 0 atom stereocenters. The summed E-state index contributed by atoms with van der Waals surface area (Å²) >= 11 is 0. The summed E-state index contributed by atoms with van der Waals surface area (Å²) in [6.07, 6.45) is 0. The Hall–Kier alpha value is -2.49. The van der Waals surface area contributed by atoms with Crippen LogP contribution in [0.3, 0.4) is 0 Å². The molecule has 19 heavy (non-hydrogen) atoms. The molecule has 2 N–H and O–H groups in total. The van der Waals surface area contributed by atoms with Gasteiger partial charge < -0.3 is 5.73 Å². The lowest BCUT2D eigenvalue weighted by Crippen LogP contribution is -1.99. The van der Waals surface area contributed by atoms with Crippen LogP contribution in [0.1, 0.15) is 5.56 Å². The Bertz CT molecular complexity index is 768. The summed E-state index contributed by atoms with van der Waals surface area (Å²) in [5, 5.41) is 0.806. The monoisotopic (exact) mass is 253 g/mol. The number of aromatic nitrogens is 2. The first kappa shape index (κ1) is 11.6. The number of nitrogens with two attached hydrogens (primary N) is 1. The van der Waals surface area contributed by atoms with Gasteiger partial charge in [-0.15, -0.1) is 0 Å². The number of benzene rings is 2. The molecular formula is C15H12FN3. The number of aryl methyl sites for hydroxylation is 1. The largest absolute Gasteiger partial charge is 0.383 e. The Morgan fingerprint density at radius 3 is 2.68 bits per heavy atom. The summed E-state index contributed by atoms with van der Waals surface area (Å²) in [6, 6.07) is 12.1. The van der Waals surface area contributed by atoms with E-state index in [4.69, 9.17) is 5.73 Å². The van der Waals surface area contributed by atoms with Crippen molar-refractivity contribution >= 4 is 16.7 Å². The van der Waals surface area contributed by atoms with Gasteiger partial charge in [0.05, 0.1) is 5.52 Å². The van der Waals surface area contributed by atoms with Crippen molar-refractivity contribution in [3.8, 4) is 11.4 Å². The highest BCUT2D eigenvalue weighted by Crippen LogP contribution is 2.25. The summed E-state index contributed by atoms with van der Waals surface area (Å²) in [4.78, 5) is 8.72. The Morgan fingerprint density at radius 2 is 1.84 bits per heavy atom. The Morgan fingerprint density at radius 1 is 1.05 bits per heavy atom. The van der Waals surface area contributed by atoms with Gasteiger partial charge in [0.15, 0.2) is 5.82 Å². The minimum absolute atomic E-state index is 0.309. The number of para-hydroxylation sites is 1. The van der Waals surface area contributed by atoms with Crippen molar-refractivity contribution in [3.05, 3.63) is 53.8 Å². The van der Waals surface area contributed by atoms with Crippen LogP contribution in [-0.4, -0.2) is 9.97 Å². The van der Waals surface area contributed by atoms with Crippen LogP contribution in [0, 0.1) is 12.7 Å². The molecule has 0 bridgehead atoms. The summed E-state index contributed by atoms with van der Waals surface area (Å²) < 4.78 is 13.4. The minimum Gasteiger partial charge on any atom is -0.383 e. The van der Waals surface area contributed by atoms with Crippen LogP contribution in [0.2, 0.25) is 0 Å². The molecule has 3 aromatic rings. The highest BCUT2D eigenvalue weighted by molar-refractivity contribution is 5.89. The number of hydrogen-bond acceptors (Lipinski definition) is 3. The molecule has 0 radical (unpaired) electrons. The van der Waals surface area contributed by atoms with Crippen LogP contribution in [-0.2, 0) is 0 Å². The van der Waals surface area contributed by atoms with Crippen LogP contribution >= 0.6 is 0 Å². The van der Waals surface area contributed by atoms with E-state index in [0.717, 1.165) is 16.5 Å². The molecule has 0 aliphatic heterocycles. The number of rotatable bonds is 1. The third-order valence-corrected chi connectivity index (χ3v) is 3.07. The number of nitrogens with zero attached hydrogens (tertiary/aromatic N) is 2. The first-order valence-electron chi connectivity index (χ1n) is 5.94. The van der Waals surface area contributed by atoms with Crippen molar-refractivity contribution in [1.82, 2.24) is 9.97 Å². The predicted octanol–water partition coefficient (Wildman–Crippen LogP) is 3.33. The maximum absolute atomic E-state index is 13.4. The van der Waals surface area contributed by atoms with Crippen molar-refractivity contribution in [2.75, 3.05) is 5.73 Å². The molecule has 94 valence electrons. The molecule has 1 aromatic heterocycles. The van der Waals surface area contributed by atoms with E-state index in [1.54, 1.807) is 6.07 Å². The standard InChI is InChI=1S/C15H12FN3/c1-9-6-7-10(16)8-12(9)15-18-13-5-3-2-4-11(13)14(17)19-15/h2-8H,1H3,(H2,17,18,19). The molecule has 0 fully saturated rings. The third kappa shape index (κ3) is 2.01. The van der Waals surface area contributed by atoms with Gasteiger partial charge in [0.1, 0.15) is 11.6 Å². The van der Waals surface area contributed by atoms with E-state index in [-0.39, 0.29) is 5.82 Å². The molecule has 4 heteroatoms. The minimum atomic E-state index is -0.309. The fourth-order valence-electron chi connectivity index (χ4n) is 2.06. The Balaban J connectivity index is 2.28. The van der Waals surface area contributed by atoms with Crippen LogP contribution in [0.15, 0.2) is 42.5 Å². The molecule has 0 spiro atoms. The lowest BCUT2D eigenvalue weighted by Gasteiger charge is -2.07. The van der Waals surface area contributed by atoms with Crippen molar-refractivity contribution in [2.45, 2.75) is 6.92 Å². The number of hydrogen-bond donors (Lipinski definition) is 1. The molecule has 3 rings (SSSR count). The number of nitrogen functional groups attached to an aromatic ring is 1. The molecule has 1 heterocycles. The van der Waals surface area contributed by atoms with E-state index in [2.05, 4.69) is 9.97 Å². The van der Waals surface area contributed by atoms with Gasteiger partial charge in [-0.25, -0.2) is 14.4 Å². The molecular weight excluding hydrogens is 241 g/mol. The molecule has 2 aromatic carbocycles.